The molecule has 0 heterocycles. The van der Waals surface area contributed by atoms with Gasteiger partial charge in [0.15, 0.2) is 0 Å². The predicted octanol–water partition coefficient (Wildman–Crippen LogP) is 2.13. The Balaban J connectivity index is 2.72. The molecule has 0 spiro atoms. The smallest absolute Gasteiger partial charge is 0.246 e. The SMILES string of the molecule is COCC(=O)N[C@@H](C)c1ccc(C)cc1C. The molecular weight excluding hydrogens is 202 g/mol. The van der Waals surface area contributed by atoms with Crippen LogP contribution in [0.5, 0.6) is 0 Å². The summed E-state index contributed by atoms with van der Waals surface area (Å²) < 4.78 is 4.78. The van der Waals surface area contributed by atoms with Crippen LogP contribution in [0.2, 0.25) is 0 Å². The van der Waals surface area contributed by atoms with E-state index in [0.717, 1.165) is 5.56 Å². The molecule has 1 aromatic rings. The van der Waals surface area contributed by atoms with Gasteiger partial charge in [-0.3, -0.25) is 4.79 Å². The van der Waals surface area contributed by atoms with Crippen molar-refractivity contribution in [3.05, 3.63) is 34.9 Å². The summed E-state index contributed by atoms with van der Waals surface area (Å²) in [5.41, 5.74) is 3.58. The van der Waals surface area contributed by atoms with Crippen LogP contribution >= 0.6 is 0 Å². The number of ether oxygens (including phenoxy) is 1. The Labute approximate surface area is 96.8 Å². The minimum absolute atomic E-state index is 0.0169. The Morgan fingerprint density at radius 1 is 1.44 bits per heavy atom. The number of carbonyl (C=O) groups is 1. The summed E-state index contributed by atoms with van der Waals surface area (Å²) in [5.74, 6) is -0.0880. The van der Waals surface area contributed by atoms with Crippen LogP contribution in [-0.2, 0) is 9.53 Å². The van der Waals surface area contributed by atoms with Gasteiger partial charge in [0.05, 0.1) is 6.04 Å². The highest BCUT2D eigenvalue weighted by molar-refractivity contribution is 5.77. The third kappa shape index (κ3) is 3.35. The third-order valence-electron chi connectivity index (χ3n) is 2.54. The second kappa shape index (κ2) is 5.66. The van der Waals surface area contributed by atoms with Crippen LogP contribution in [0.1, 0.15) is 29.7 Å². The first kappa shape index (κ1) is 12.7. The number of benzene rings is 1. The monoisotopic (exact) mass is 221 g/mol. The zero-order valence-corrected chi connectivity index (χ0v) is 10.3. The van der Waals surface area contributed by atoms with Gasteiger partial charge >= 0.3 is 0 Å². The lowest BCUT2D eigenvalue weighted by atomic mass is 10.0. The van der Waals surface area contributed by atoms with E-state index < -0.39 is 0 Å². The highest BCUT2D eigenvalue weighted by Gasteiger charge is 2.11. The molecular formula is C13H19NO2. The van der Waals surface area contributed by atoms with Gasteiger partial charge in [-0.1, -0.05) is 23.8 Å². The minimum atomic E-state index is -0.0880. The number of amides is 1. The minimum Gasteiger partial charge on any atom is -0.375 e. The lowest BCUT2D eigenvalue weighted by molar-refractivity contribution is -0.125. The van der Waals surface area contributed by atoms with Gasteiger partial charge in [-0.15, -0.1) is 0 Å². The average molecular weight is 221 g/mol. The average Bonchev–Trinajstić information content (AvgIpc) is 2.17. The number of aryl methyl sites for hydroxylation is 2. The molecule has 0 saturated heterocycles. The highest BCUT2D eigenvalue weighted by Crippen LogP contribution is 2.18. The van der Waals surface area contributed by atoms with Crippen molar-refractivity contribution in [3.63, 3.8) is 0 Å². The van der Waals surface area contributed by atoms with Crippen LogP contribution in [0, 0.1) is 13.8 Å². The fraction of sp³-hybridized carbons (Fsp3) is 0.462. The maximum absolute atomic E-state index is 11.4. The molecule has 1 atom stereocenters. The van der Waals surface area contributed by atoms with Crippen molar-refractivity contribution < 1.29 is 9.53 Å². The summed E-state index contributed by atoms with van der Waals surface area (Å²) in [6.07, 6.45) is 0. The molecule has 0 saturated carbocycles. The highest BCUT2D eigenvalue weighted by atomic mass is 16.5. The van der Waals surface area contributed by atoms with Crippen molar-refractivity contribution in [1.29, 1.82) is 0 Å². The van der Waals surface area contributed by atoms with Crippen LogP contribution in [0.4, 0.5) is 0 Å². The zero-order valence-electron chi connectivity index (χ0n) is 10.3. The number of hydrogen-bond donors (Lipinski definition) is 1. The maximum Gasteiger partial charge on any atom is 0.246 e. The molecule has 0 fully saturated rings. The Kier molecular flexibility index (Phi) is 4.50. The van der Waals surface area contributed by atoms with E-state index in [-0.39, 0.29) is 18.6 Å². The molecule has 0 aromatic heterocycles. The Hall–Kier alpha value is -1.35. The van der Waals surface area contributed by atoms with E-state index in [9.17, 15) is 4.79 Å². The largest absolute Gasteiger partial charge is 0.375 e. The van der Waals surface area contributed by atoms with Gasteiger partial charge in [-0.05, 0) is 31.9 Å². The molecule has 1 N–H and O–H groups in total. The molecule has 1 amide bonds. The van der Waals surface area contributed by atoms with Crippen LogP contribution in [0.15, 0.2) is 18.2 Å². The number of carbonyl (C=O) groups excluding carboxylic acids is 1. The summed E-state index contributed by atoms with van der Waals surface area (Å²) >= 11 is 0. The van der Waals surface area contributed by atoms with E-state index in [2.05, 4.69) is 37.4 Å². The lowest BCUT2D eigenvalue weighted by Crippen LogP contribution is -2.30. The van der Waals surface area contributed by atoms with E-state index in [1.807, 2.05) is 6.92 Å². The van der Waals surface area contributed by atoms with Gasteiger partial charge in [0.2, 0.25) is 5.91 Å². The molecule has 0 aliphatic heterocycles. The Bertz CT molecular complexity index is 374. The second-order valence-corrected chi connectivity index (χ2v) is 4.08. The van der Waals surface area contributed by atoms with E-state index in [1.54, 1.807) is 0 Å². The molecule has 16 heavy (non-hydrogen) atoms. The number of nitrogens with one attached hydrogen (secondary N) is 1. The molecule has 1 aromatic carbocycles. The van der Waals surface area contributed by atoms with Crippen molar-refractivity contribution in [2.24, 2.45) is 0 Å². The van der Waals surface area contributed by atoms with Gasteiger partial charge in [0.1, 0.15) is 6.61 Å². The molecule has 0 unspecified atom stereocenters. The summed E-state index contributed by atoms with van der Waals surface area (Å²) in [6.45, 7) is 6.20. The third-order valence-corrected chi connectivity index (χ3v) is 2.54. The Morgan fingerprint density at radius 3 is 2.69 bits per heavy atom. The molecule has 0 aliphatic carbocycles. The molecule has 0 radical (unpaired) electrons. The first-order valence-electron chi connectivity index (χ1n) is 5.40. The fourth-order valence-electron chi connectivity index (χ4n) is 1.80. The van der Waals surface area contributed by atoms with Gasteiger partial charge in [-0.25, -0.2) is 0 Å². The molecule has 88 valence electrons. The normalized spacial score (nSPS) is 12.2. The van der Waals surface area contributed by atoms with Gasteiger partial charge in [0.25, 0.3) is 0 Å². The van der Waals surface area contributed by atoms with Crippen LogP contribution in [0.3, 0.4) is 0 Å². The van der Waals surface area contributed by atoms with Crippen molar-refractivity contribution in [3.8, 4) is 0 Å². The maximum atomic E-state index is 11.4. The summed E-state index contributed by atoms with van der Waals surface area (Å²) in [5, 5.41) is 2.89. The van der Waals surface area contributed by atoms with E-state index in [0.29, 0.717) is 0 Å². The van der Waals surface area contributed by atoms with Gasteiger partial charge < -0.3 is 10.1 Å². The van der Waals surface area contributed by atoms with Crippen molar-refractivity contribution in [2.75, 3.05) is 13.7 Å². The van der Waals surface area contributed by atoms with Crippen molar-refractivity contribution >= 4 is 5.91 Å². The molecule has 1 rings (SSSR count). The quantitative estimate of drug-likeness (QED) is 0.845. The zero-order chi connectivity index (χ0) is 12.1. The number of rotatable bonds is 4. The van der Waals surface area contributed by atoms with Crippen LogP contribution < -0.4 is 5.32 Å². The van der Waals surface area contributed by atoms with E-state index in [1.165, 1.54) is 18.2 Å². The summed E-state index contributed by atoms with van der Waals surface area (Å²) in [4.78, 5) is 11.4. The summed E-state index contributed by atoms with van der Waals surface area (Å²) in [7, 11) is 1.52. The number of hydrogen-bond acceptors (Lipinski definition) is 2. The standard InChI is InChI=1S/C13H19NO2/c1-9-5-6-12(10(2)7-9)11(3)14-13(15)8-16-4/h5-7,11H,8H2,1-4H3,(H,14,15)/t11-/m0/s1. The van der Waals surface area contributed by atoms with E-state index in [4.69, 9.17) is 4.74 Å². The van der Waals surface area contributed by atoms with Crippen LogP contribution in [0.25, 0.3) is 0 Å². The fourth-order valence-corrected chi connectivity index (χ4v) is 1.80. The van der Waals surface area contributed by atoms with E-state index >= 15 is 0 Å². The van der Waals surface area contributed by atoms with Crippen LogP contribution in [-0.4, -0.2) is 19.6 Å². The van der Waals surface area contributed by atoms with Crippen molar-refractivity contribution in [2.45, 2.75) is 26.8 Å². The molecule has 0 aliphatic rings. The molecule has 3 nitrogen and oxygen atoms in total. The van der Waals surface area contributed by atoms with Gasteiger partial charge in [0, 0.05) is 7.11 Å². The van der Waals surface area contributed by atoms with Gasteiger partial charge in [-0.2, -0.15) is 0 Å². The molecule has 0 bridgehead atoms. The van der Waals surface area contributed by atoms with Crippen molar-refractivity contribution in [1.82, 2.24) is 5.32 Å². The first-order valence-corrected chi connectivity index (χ1v) is 5.40. The topological polar surface area (TPSA) is 38.3 Å². The summed E-state index contributed by atoms with van der Waals surface area (Å²) in [6, 6.07) is 6.25. The predicted molar refractivity (Wildman–Crippen MR) is 64.3 cm³/mol. The number of methoxy groups -OCH3 is 1. The molecule has 3 heteroatoms. The Morgan fingerprint density at radius 2 is 2.12 bits per heavy atom. The second-order valence-electron chi connectivity index (χ2n) is 4.08. The lowest BCUT2D eigenvalue weighted by Gasteiger charge is -2.16. The first-order chi connectivity index (χ1) is 7.54.